The predicted octanol–water partition coefficient (Wildman–Crippen LogP) is 2.35. The Morgan fingerprint density at radius 1 is 0.952 bits per heavy atom. The maximum absolute atomic E-state index is 5.29. The first kappa shape index (κ1) is 13.1. The van der Waals surface area contributed by atoms with Crippen LogP contribution in [-0.4, -0.2) is 34.2 Å². The van der Waals surface area contributed by atoms with Gasteiger partial charge in [-0.2, -0.15) is 0 Å². The van der Waals surface area contributed by atoms with E-state index in [-0.39, 0.29) is 0 Å². The largest absolute Gasteiger partial charge is 0.493 e. The molecule has 0 N–H and O–H groups in total. The van der Waals surface area contributed by atoms with E-state index >= 15 is 0 Å². The zero-order valence-electron chi connectivity index (χ0n) is 11.7. The fraction of sp³-hybridized carbons (Fsp3) is 0.133. The van der Waals surface area contributed by atoms with Crippen molar-refractivity contribution in [3.8, 4) is 28.6 Å². The van der Waals surface area contributed by atoms with Crippen LogP contribution in [0.25, 0.3) is 17.1 Å². The van der Waals surface area contributed by atoms with Crippen molar-refractivity contribution in [2.75, 3.05) is 14.2 Å². The summed E-state index contributed by atoms with van der Waals surface area (Å²) in [4.78, 5) is 4.26. The van der Waals surface area contributed by atoms with E-state index in [9.17, 15) is 0 Å². The number of rotatable bonds is 4. The van der Waals surface area contributed by atoms with Gasteiger partial charge in [-0.05, 0) is 24.3 Å². The Hall–Kier alpha value is -2.89. The lowest BCUT2D eigenvalue weighted by Gasteiger charge is -2.08. The Morgan fingerprint density at radius 3 is 2.52 bits per heavy atom. The van der Waals surface area contributed by atoms with Crippen LogP contribution in [0.4, 0.5) is 0 Å². The molecule has 106 valence electrons. The van der Waals surface area contributed by atoms with Gasteiger partial charge in [0.25, 0.3) is 0 Å². The molecule has 2 aromatic heterocycles. The highest BCUT2D eigenvalue weighted by Gasteiger charge is 2.09. The Labute approximate surface area is 122 Å². The van der Waals surface area contributed by atoms with Gasteiger partial charge in [-0.3, -0.25) is 4.98 Å². The van der Waals surface area contributed by atoms with Gasteiger partial charge in [0, 0.05) is 12.3 Å². The standard InChI is InChI=1S/C15H14N4O2/c1-20-14-7-6-11(9-15(14)21-2)19-10-13(17-18-19)12-5-3-4-8-16-12/h3-10H,1-2H3. The van der Waals surface area contributed by atoms with Crippen molar-refractivity contribution in [3.05, 3.63) is 48.8 Å². The van der Waals surface area contributed by atoms with Crippen LogP contribution in [-0.2, 0) is 0 Å². The van der Waals surface area contributed by atoms with Gasteiger partial charge in [-0.25, -0.2) is 4.68 Å². The highest BCUT2D eigenvalue weighted by atomic mass is 16.5. The fourth-order valence-corrected chi connectivity index (χ4v) is 1.99. The molecule has 3 rings (SSSR count). The highest BCUT2D eigenvalue weighted by Crippen LogP contribution is 2.29. The summed E-state index contributed by atoms with van der Waals surface area (Å²) in [5, 5.41) is 8.26. The summed E-state index contributed by atoms with van der Waals surface area (Å²) >= 11 is 0. The maximum Gasteiger partial charge on any atom is 0.162 e. The minimum absolute atomic E-state index is 0.643. The van der Waals surface area contributed by atoms with Crippen molar-refractivity contribution in [1.29, 1.82) is 0 Å². The molecule has 21 heavy (non-hydrogen) atoms. The summed E-state index contributed by atoms with van der Waals surface area (Å²) in [7, 11) is 3.20. The average Bonchev–Trinajstić information content (AvgIpc) is 3.05. The molecule has 0 unspecified atom stereocenters. The van der Waals surface area contributed by atoms with Crippen molar-refractivity contribution in [3.63, 3.8) is 0 Å². The van der Waals surface area contributed by atoms with Crippen molar-refractivity contribution >= 4 is 0 Å². The van der Waals surface area contributed by atoms with Crippen molar-refractivity contribution in [1.82, 2.24) is 20.0 Å². The zero-order chi connectivity index (χ0) is 14.7. The van der Waals surface area contributed by atoms with Gasteiger partial charge in [-0.15, -0.1) is 5.10 Å². The summed E-state index contributed by atoms with van der Waals surface area (Å²) < 4.78 is 12.2. The van der Waals surface area contributed by atoms with Crippen LogP contribution < -0.4 is 9.47 Å². The van der Waals surface area contributed by atoms with E-state index in [2.05, 4.69) is 15.3 Å². The van der Waals surface area contributed by atoms with Gasteiger partial charge in [-0.1, -0.05) is 11.3 Å². The van der Waals surface area contributed by atoms with Gasteiger partial charge in [0.05, 0.1) is 31.8 Å². The smallest absolute Gasteiger partial charge is 0.162 e. The minimum Gasteiger partial charge on any atom is -0.493 e. The quantitative estimate of drug-likeness (QED) is 0.735. The lowest BCUT2D eigenvalue weighted by Crippen LogP contribution is -1.97. The summed E-state index contributed by atoms with van der Waals surface area (Å²) in [6.45, 7) is 0. The van der Waals surface area contributed by atoms with Crippen LogP contribution in [0, 0.1) is 0 Å². The normalized spacial score (nSPS) is 10.4. The number of ether oxygens (including phenoxy) is 2. The molecular formula is C15H14N4O2. The molecule has 0 bridgehead atoms. The van der Waals surface area contributed by atoms with E-state index in [1.807, 2.05) is 42.6 Å². The van der Waals surface area contributed by atoms with Gasteiger partial charge in [0.2, 0.25) is 0 Å². The third kappa shape index (κ3) is 2.55. The molecule has 0 atom stereocenters. The Balaban J connectivity index is 1.97. The van der Waals surface area contributed by atoms with E-state index < -0.39 is 0 Å². The van der Waals surface area contributed by atoms with E-state index in [0.717, 1.165) is 11.4 Å². The number of methoxy groups -OCH3 is 2. The lowest BCUT2D eigenvalue weighted by molar-refractivity contribution is 0.354. The first-order chi connectivity index (χ1) is 10.3. The lowest BCUT2D eigenvalue weighted by atomic mass is 10.2. The number of hydrogen-bond donors (Lipinski definition) is 0. The summed E-state index contributed by atoms with van der Waals surface area (Å²) in [6, 6.07) is 11.2. The van der Waals surface area contributed by atoms with Crippen molar-refractivity contribution < 1.29 is 9.47 Å². The molecule has 0 saturated carbocycles. The monoisotopic (exact) mass is 282 g/mol. The minimum atomic E-state index is 0.643. The molecule has 0 aliphatic rings. The van der Waals surface area contributed by atoms with Gasteiger partial charge in [0.1, 0.15) is 5.69 Å². The molecule has 3 aromatic rings. The average molecular weight is 282 g/mol. The van der Waals surface area contributed by atoms with Crippen molar-refractivity contribution in [2.24, 2.45) is 0 Å². The molecule has 2 heterocycles. The van der Waals surface area contributed by atoms with Gasteiger partial charge in [0.15, 0.2) is 11.5 Å². The number of nitrogens with zero attached hydrogens (tertiary/aromatic N) is 4. The molecule has 0 radical (unpaired) electrons. The van der Waals surface area contributed by atoms with E-state index in [0.29, 0.717) is 17.2 Å². The van der Waals surface area contributed by atoms with Gasteiger partial charge >= 0.3 is 0 Å². The topological polar surface area (TPSA) is 62.1 Å². The molecule has 6 nitrogen and oxygen atoms in total. The Kier molecular flexibility index (Phi) is 3.51. The molecular weight excluding hydrogens is 268 g/mol. The Bertz CT molecular complexity index is 740. The predicted molar refractivity (Wildman–Crippen MR) is 77.7 cm³/mol. The molecule has 0 saturated heterocycles. The molecule has 6 heteroatoms. The van der Waals surface area contributed by atoms with Crippen LogP contribution in [0.2, 0.25) is 0 Å². The molecule has 0 spiro atoms. The SMILES string of the molecule is COc1ccc(-n2cc(-c3ccccn3)nn2)cc1OC. The molecule has 1 aromatic carbocycles. The zero-order valence-corrected chi connectivity index (χ0v) is 11.7. The molecule has 0 amide bonds. The summed E-state index contributed by atoms with van der Waals surface area (Å²) in [5.41, 5.74) is 2.33. The van der Waals surface area contributed by atoms with Crippen LogP contribution >= 0.6 is 0 Å². The first-order valence-electron chi connectivity index (χ1n) is 6.38. The Morgan fingerprint density at radius 2 is 1.81 bits per heavy atom. The number of pyridine rings is 1. The van der Waals surface area contributed by atoms with Crippen LogP contribution in [0.3, 0.4) is 0 Å². The number of benzene rings is 1. The third-order valence-electron chi connectivity index (χ3n) is 3.05. The molecule has 0 fully saturated rings. The van der Waals surface area contributed by atoms with E-state index in [1.54, 1.807) is 25.1 Å². The second-order valence-corrected chi connectivity index (χ2v) is 4.30. The summed E-state index contributed by atoms with van der Waals surface area (Å²) in [5.74, 6) is 1.32. The van der Waals surface area contributed by atoms with Crippen LogP contribution in [0.15, 0.2) is 48.8 Å². The van der Waals surface area contributed by atoms with Crippen molar-refractivity contribution in [2.45, 2.75) is 0 Å². The van der Waals surface area contributed by atoms with Crippen LogP contribution in [0.5, 0.6) is 11.5 Å². The first-order valence-corrected chi connectivity index (χ1v) is 6.38. The number of hydrogen-bond acceptors (Lipinski definition) is 5. The second-order valence-electron chi connectivity index (χ2n) is 4.30. The molecule has 0 aliphatic heterocycles. The third-order valence-corrected chi connectivity index (χ3v) is 3.05. The second kappa shape index (κ2) is 5.62. The highest BCUT2D eigenvalue weighted by molar-refractivity contribution is 5.54. The van der Waals surface area contributed by atoms with E-state index in [1.165, 1.54) is 0 Å². The number of aromatic nitrogens is 4. The van der Waals surface area contributed by atoms with Crippen LogP contribution in [0.1, 0.15) is 0 Å². The fourth-order valence-electron chi connectivity index (χ4n) is 1.99. The summed E-state index contributed by atoms with van der Waals surface area (Å²) in [6.07, 6.45) is 3.55. The maximum atomic E-state index is 5.29. The van der Waals surface area contributed by atoms with Gasteiger partial charge < -0.3 is 9.47 Å². The van der Waals surface area contributed by atoms with E-state index in [4.69, 9.17) is 9.47 Å². The molecule has 0 aliphatic carbocycles.